The molecule has 0 spiro atoms. The first-order valence-electron chi connectivity index (χ1n) is 5.84. The highest BCUT2D eigenvalue weighted by atomic mass is 19.4. The van der Waals surface area contributed by atoms with E-state index in [1.807, 2.05) is 13.8 Å². The minimum atomic E-state index is -4.55. The van der Waals surface area contributed by atoms with E-state index in [2.05, 4.69) is 5.32 Å². The fourth-order valence-electron chi connectivity index (χ4n) is 3.09. The number of alkyl halides is 3. The number of rotatable bonds is 3. The van der Waals surface area contributed by atoms with E-state index in [-0.39, 0.29) is 23.5 Å². The van der Waals surface area contributed by atoms with Gasteiger partial charge in [-0.1, -0.05) is 13.8 Å². The van der Waals surface area contributed by atoms with Crippen molar-refractivity contribution in [2.75, 3.05) is 13.2 Å². The number of fused-ring (bicyclic) bond motifs is 1. The fourth-order valence-corrected chi connectivity index (χ4v) is 3.09. The van der Waals surface area contributed by atoms with Crippen LogP contribution in [0, 0.1) is 11.3 Å². The van der Waals surface area contributed by atoms with Crippen LogP contribution in [0.2, 0.25) is 0 Å². The first-order valence-corrected chi connectivity index (χ1v) is 5.84. The van der Waals surface area contributed by atoms with Gasteiger partial charge in [-0.3, -0.25) is 0 Å². The molecule has 1 heterocycles. The van der Waals surface area contributed by atoms with Crippen LogP contribution < -0.4 is 5.32 Å². The maximum Gasteiger partial charge on any atom is 0.415 e. The molecule has 6 heteroatoms. The standard InChI is InChI=1S/C11H18F3NO2/c1-10(2)8(6-3-4-17-9(6)10)15-5-7(16)11(12,13)14/h6-9,15-16H,3-5H2,1-2H3. The lowest BCUT2D eigenvalue weighted by molar-refractivity contribution is -0.205. The lowest BCUT2D eigenvalue weighted by Crippen LogP contribution is -2.66. The Bertz CT molecular complexity index is 293. The summed E-state index contributed by atoms with van der Waals surface area (Å²) < 4.78 is 42.0. The van der Waals surface area contributed by atoms with E-state index in [0.717, 1.165) is 6.42 Å². The molecule has 100 valence electrons. The normalized spacial score (nSPS) is 37.4. The van der Waals surface area contributed by atoms with Crippen molar-refractivity contribution in [1.29, 1.82) is 0 Å². The van der Waals surface area contributed by atoms with E-state index in [1.165, 1.54) is 0 Å². The second kappa shape index (κ2) is 4.10. The zero-order chi connectivity index (χ0) is 12.8. The molecule has 3 nitrogen and oxygen atoms in total. The zero-order valence-electron chi connectivity index (χ0n) is 9.92. The molecule has 17 heavy (non-hydrogen) atoms. The summed E-state index contributed by atoms with van der Waals surface area (Å²) in [6, 6.07) is -0.00741. The lowest BCUT2D eigenvalue weighted by Gasteiger charge is -2.55. The van der Waals surface area contributed by atoms with Gasteiger partial charge in [0.2, 0.25) is 0 Å². The van der Waals surface area contributed by atoms with Crippen LogP contribution in [0.1, 0.15) is 20.3 Å². The van der Waals surface area contributed by atoms with Gasteiger partial charge in [0, 0.05) is 30.5 Å². The van der Waals surface area contributed by atoms with Gasteiger partial charge in [-0.25, -0.2) is 0 Å². The van der Waals surface area contributed by atoms with Gasteiger partial charge in [-0.15, -0.1) is 0 Å². The highest BCUT2D eigenvalue weighted by Crippen LogP contribution is 2.52. The van der Waals surface area contributed by atoms with Gasteiger partial charge in [0.1, 0.15) is 0 Å². The molecule has 1 aliphatic heterocycles. The van der Waals surface area contributed by atoms with Crippen molar-refractivity contribution in [2.24, 2.45) is 11.3 Å². The summed E-state index contributed by atoms with van der Waals surface area (Å²) in [7, 11) is 0. The maximum absolute atomic E-state index is 12.2. The SMILES string of the molecule is CC1(C)C(NCC(O)C(F)(F)F)C2CCOC21. The summed E-state index contributed by atoms with van der Waals surface area (Å²) in [5, 5.41) is 11.8. The molecule has 2 aliphatic rings. The third-order valence-corrected chi connectivity index (χ3v) is 4.01. The summed E-state index contributed by atoms with van der Waals surface area (Å²) >= 11 is 0. The molecule has 1 saturated heterocycles. The van der Waals surface area contributed by atoms with E-state index in [1.54, 1.807) is 0 Å². The van der Waals surface area contributed by atoms with Gasteiger partial charge in [-0.2, -0.15) is 13.2 Å². The van der Waals surface area contributed by atoms with Crippen molar-refractivity contribution < 1.29 is 23.0 Å². The Morgan fingerprint density at radius 2 is 2.12 bits per heavy atom. The first kappa shape index (κ1) is 13.1. The average molecular weight is 253 g/mol. The molecule has 1 saturated carbocycles. The van der Waals surface area contributed by atoms with Gasteiger partial charge in [0.05, 0.1) is 6.10 Å². The van der Waals surface area contributed by atoms with Crippen LogP contribution in [0.15, 0.2) is 0 Å². The summed E-state index contributed by atoms with van der Waals surface area (Å²) in [6.07, 6.45) is -5.82. The summed E-state index contributed by atoms with van der Waals surface area (Å²) in [4.78, 5) is 0. The van der Waals surface area contributed by atoms with Gasteiger partial charge < -0.3 is 15.2 Å². The van der Waals surface area contributed by atoms with Gasteiger partial charge in [-0.05, 0) is 6.42 Å². The van der Waals surface area contributed by atoms with E-state index in [0.29, 0.717) is 6.61 Å². The van der Waals surface area contributed by atoms with E-state index in [4.69, 9.17) is 9.84 Å². The van der Waals surface area contributed by atoms with E-state index < -0.39 is 18.8 Å². The van der Waals surface area contributed by atoms with E-state index >= 15 is 0 Å². The number of hydrogen-bond donors (Lipinski definition) is 2. The monoisotopic (exact) mass is 253 g/mol. The molecular formula is C11H18F3NO2. The molecule has 0 aromatic heterocycles. The molecule has 1 aliphatic carbocycles. The van der Waals surface area contributed by atoms with Crippen LogP contribution in [0.5, 0.6) is 0 Å². The number of hydrogen-bond acceptors (Lipinski definition) is 3. The van der Waals surface area contributed by atoms with E-state index in [9.17, 15) is 13.2 Å². The second-order valence-corrected chi connectivity index (χ2v) is 5.51. The predicted octanol–water partition coefficient (Wildman–Crippen LogP) is 1.31. The Balaban J connectivity index is 1.88. The molecule has 2 fully saturated rings. The summed E-state index contributed by atoms with van der Waals surface area (Å²) in [5.74, 6) is 0.283. The minimum Gasteiger partial charge on any atom is -0.382 e. The van der Waals surface area contributed by atoms with Crippen LogP contribution in [-0.4, -0.2) is 42.7 Å². The second-order valence-electron chi connectivity index (χ2n) is 5.51. The Hall–Kier alpha value is -0.330. The van der Waals surface area contributed by atoms with Gasteiger partial charge >= 0.3 is 6.18 Å². The minimum absolute atomic E-state index is 0.00741. The topological polar surface area (TPSA) is 41.5 Å². The Morgan fingerprint density at radius 1 is 1.47 bits per heavy atom. The Labute approximate surface area is 98.3 Å². The summed E-state index contributed by atoms with van der Waals surface area (Å²) in [6.45, 7) is 4.20. The quantitative estimate of drug-likeness (QED) is 0.797. The average Bonchev–Trinajstić information content (AvgIpc) is 2.62. The van der Waals surface area contributed by atoms with Crippen LogP contribution in [0.4, 0.5) is 13.2 Å². The molecule has 0 aromatic carbocycles. The van der Waals surface area contributed by atoms with Crippen molar-refractivity contribution >= 4 is 0 Å². The van der Waals surface area contributed by atoms with Crippen LogP contribution in [0.3, 0.4) is 0 Å². The molecule has 4 unspecified atom stereocenters. The molecule has 4 atom stereocenters. The molecule has 0 bridgehead atoms. The third kappa shape index (κ3) is 2.18. The smallest absolute Gasteiger partial charge is 0.382 e. The molecule has 0 radical (unpaired) electrons. The number of nitrogens with one attached hydrogen (secondary N) is 1. The largest absolute Gasteiger partial charge is 0.415 e. The third-order valence-electron chi connectivity index (χ3n) is 4.01. The maximum atomic E-state index is 12.2. The lowest BCUT2D eigenvalue weighted by atomic mass is 9.57. The number of ether oxygens (including phenoxy) is 1. The predicted molar refractivity (Wildman–Crippen MR) is 55.5 cm³/mol. The van der Waals surface area contributed by atoms with Crippen molar-refractivity contribution in [3.63, 3.8) is 0 Å². The van der Waals surface area contributed by atoms with Crippen molar-refractivity contribution in [2.45, 2.75) is 44.7 Å². The Kier molecular flexibility index (Phi) is 3.16. The number of aliphatic hydroxyl groups is 1. The van der Waals surface area contributed by atoms with Crippen LogP contribution in [0.25, 0.3) is 0 Å². The number of aliphatic hydroxyl groups excluding tert-OH is 1. The molecule has 0 amide bonds. The highest BCUT2D eigenvalue weighted by molar-refractivity contribution is 5.11. The Morgan fingerprint density at radius 3 is 2.71 bits per heavy atom. The molecule has 2 rings (SSSR count). The van der Waals surface area contributed by atoms with Gasteiger partial charge in [0.15, 0.2) is 6.10 Å². The molecule has 2 N–H and O–H groups in total. The first-order chi connectivity index (χ1) is 7.74. The molecule has 0 aromatic rings. The summed E-state index contributed by atoms with van der Waals surface area (Å²) in [5.41, 5.74) is -0.160. The van der Waals surface area contributed by atoms with Crippen molar-refractivity contribution in [3.8, 4) is 0 Å². The van der Waals surface area contributed by atoms with Crippen molar-refractivity contribution in [3.05, 3.63) is 0 Å². The fraction of sp³-hybridized carbons (Fsp3) is 1.00. The molecular weight excluding hydrogens is 235 g/mol. The van der Waals surface area contributed by atoms with Crippen LogP contribution in [-0.2, 0) is 4.74 Å². The zero-order valence-corrected chi connectivity index (χ0v) is 9.92. The van der Waals surface area contributed by atoms with Crippen molar-refractivity contribution in [1.82, 2.24) is 5.32 Å². The van der Waals surface area contributed by atoms with Gasteiger partial charge in [0.25, 0.3) is 0 Å². The highest BCUT2D eigenvalue weighted by Gasteiger charge is 2.59. The van der Waals surface area contributed by atoms with Crippen LogP contribution >= 0.6 is 0 Å². The number of halogens is 3.